The molecule has 32 heavy (non-hydrogen) atoms. The number of benzene rings is 2. The zero-order valence-electron chi connectivity index (χ0n) is 18.5. The Morgan fingerprint density at radius 2 is 1.75 bits per heavy atom. The number of nitrogens with one attached hydrogen (secondary N) is 3. The molecule has 1 aromatic heterocycles. The van der Waals surface area contributed by atoms with Crippen LogP contribution in [0.3, 0.4) is 0 Å². The number of amides is 2. The number of H-pyrrole nitrogens is 1. The molecule has 0 aliphatic carbocycles. The van der Waals surface area contributed by atoms with Crippen molar-refractivity contribution in [3.05, 3.63) is 65.9 Å². The van der Waals surface area contributed by atoms with Crippen molar-refractivity contribution in [1.29, 1.82) is 0 Å². The molecule has 0 bridgehead atoms. The van der Waals surface area contributed by atoms with Crippen molar-refractivity contribution in [1.82, 2.24) is 15.5 Å². The second kappa shape index (κ2) is 9.78. The minimum absolute atomic E-state index is 0.120. The van der Waals surface area contributed by atoms with Crippen LogP contribution < -0.4 is 15.4 Å². The summed E-state index contributed by atoms with van der Waals surface area (Å²) >= 11 is 0. The van der Waals surface area contributed by atoms with E-state index in [2.05, 4.69) is 39.6 Å². The quantitative estimate of drug-likeness (QED) is 0.415. The molecule has 8 nitrogen and oxygen atoms in total. The summed E-state index contributed by atoms with van der Waals surface area (Å²) in [6, 6.07) is 13.7. The average molecular weight is 457 g/mol. The van der Waals surface area contributed by atoms with Crippen molar-refractivity contribution >= 4 is 27.5 Å². The smallest absolute Gasteiger partial charge is 0.251 e. The summed E-state index contributed by atoms with van der Waals surface area (Å²) < 4.78 is 5.18. The third-order valence-electron chi connectivity index (χ3n) is 4.89. The van der Waals surface area contributed by atoms with Gasteiger partial charge in [-0.05, 0) is 65.6 Å². The van der Waals surface area contributed by atoms with Crippen LogP contribution >= 0.6 is 10.0 Å². The van der Waals surface area contributed by atoms with Gasteiger partial charge in [0.05, 0.1) is 13.5 Å². The molecule has 2 aromatic carbocycles. The Bertz CT molecular complexity index is 1070. The van der Waals surface area contributed by atoms with E-state index >= 15 is 0 Å². The molecule has 0 saturated carbocycles. The molecular formula is C23H28N4O4S. The van der Waals surface area contributed by atoms with E-state index in [1.54, 1.807) is 31.4 Å². The minimum Gasteiger partial charge on any atom is -0.497 e. The standard InChI is InChI=1S/C23H28N4O4S/c1-31-18-9-5-15(6-10-18)21(26-20(28)13-16-14-24-27-22(16)29)23(30)25-17-7-11-19(12-8-17)32(2,3)4/h5-12,14,21H,13H2,1-4H3,(H,25,30)(H,26,28)(H2,24,27,29). The summed E-state index contributed by atoms with van der Waals surface area (Å²) in [6.07, 6.45) is 7.93. The zero-order chi connectivity index (χ0) is 23.3. The number of ether oxygens (including phenoxy) is 1. The number of aromatic nitrogens is 2. The first-order valence-electron chi connectivity index (χ1n) is 9.91. The number of hydrogen-bond donors (Lipinski definition) is 4. The normalized spacial score (nSPS) is 12.6. The molecule has 9 heteroatoms. The highest BCUT2D eigenvalue weighted by Crippen LogP contribution is 2.45. The number of anilines is 1. The van der Waals surface area contributed by atoms with Crippen LogP contribution in [-0.4, -0.2) is 53.0 Å². The molecule has 1 heterocycles. The first-order valence-corrected chi connectivity index (χ1v) is 12.8. The first-order chi connectivity index (χ1) is 15.2. The summed E-state index contributed by atoms with van der Waals surface area (Å²) in [7, 11) is 0.689. The molecule has 1 atom stereocenters. The van der Waals surface area contributed by atoms with Crippen LogP contribution in [0, 0.1) is 0 Å². The van der Waals surface area contributed by atoms with E-state index in [1.807, 2.05) is 24.3 Å². The van der Waals surface area contributed by atoms with Crippen molar-refractivity contribution in [2.75, 3.05) is 31.2 Å². The molecule has 0 saturated heterocycles. The predicted molar refractivity (Wildman–Crippen MR) is 127 cm³/mol. The number of carbonyl (C=O) groups excluding carboxylic acids is 2. The lowest BCUT2D eigenvalue weighted by molar-refractivity contribution is -0.126. The molecule has 0 aliphatic heterocycles. The lowest BCUT2D eigenvalue weighted by atomic mass is 10.0. The Hall–Kier alpha value is -3.46. The molecule has 4 N–H and O–H groups in total. The Balaban J connectivity index is 1.79. The van der Waals surface area contributed by atoms with E-state index in [4.69, 9.17) is 4.74 Å². The van der Waals surface area contributed by atoms with E-state index in [9.17, 15) is 14.7 Å². The fourth-order valence-electron chi connectivity index (χ4n) is 3.08. The van der Waals surface area contributed by atoms with Crippen LogP contribution in [0.25, 0.3) is 0 Å². The fourth-order valence-corrected chi connectivity index (χ4v) is 4.03. The van der Waals surface area contributed by atoms with Gasteiger partial charge in [0.2, 0.25) is 11.8 Å². The number of methoxy groups -OCH3 is 1. The van der Waals surface area contributed by atoms with Crippen LogP contribution in [0.1, 0.15) is 17.2 Å². The lowest BCUT2D eigenvalue weighted by Gasteiger charge is -2.26. The van der Waals surface area contributed by atoms with Gasteiger partial charge in [0.15, 0.2) is 0 Å². The summed E-state index contributed by atoms with van der Waals surface area (Å²) in [6.45, 7) is 0. The van der Waals surface area contributed by atoms with Crippen molar-refractivity contribution in [2.24, 2.45) is 0 Å². The first kappa shape index (κ1) is 23.2. The zero-order valence-corrected chi connectivity index (χ0v) is 19.3. The summed E-state index contributed by atoms with van der Waals surface area (Å²) in [5, 5.41) is 21.4. The van der Waals surface area contributed by atoms with Crippen molar-refractivity contribution in [3.8, 4) is 11.6 Å². The van der Waals surface area contributed by atoms with Crippen LogP contribution in [0.2, 0.25) is 0 Å². The van der Waals surface area contributed by atoms with Gasteiger partial charge in [0, 0.05) is 17.4 Å². The van der Waals surface area contributed by atoms with Gasteiger partial charge in [0.25, 0.3) is 5.91 Å². The Morgan fingerprint density at radius 1 is 1.09 bits per heavy atom. The minimum atomic E-state index is -0.935. The van der Waals surface area contributed by atoms with Crippen LogP contribution in [0.15, 0.2) is 59.6 Å². The molecule has 170 valence electrons. The van der Waals surface area contributed by atoms with Gasteiger partial charge in [-0.2, -0.15) is 0 Å². The molecular weight excluding hydrogens is 428 g/mol. The maximum Gasteiger partial charge on any atom is 0.251 e. The van der Waals surface area contributed by atoms with Gasteiger partial charge in [0.1, 0.15) is 11.8 Å². The molecule has 0 aliphatic rings. The fraction of sp³-hybridized carbons (Fsp3) is 0.261. The number of aromatic hydroxyl groups is 1. The highest BCUT2D eigenvalue weighted by atomic mass is 32.3. The van der Waals surface area contributed by atoms with Crippen LogP contribution in [0.4, 0.5) is 5.69 Å². The van der Waals surface area contributed by atoms with Gasteiger partial charge >= 0.3 is 0 Å². The Morgan fingerprint density at radius 3 is 2.28 bits per heavy atom. The molecule has 0 fully saturated rings. The topological polar surface area (TPSA) is 116 Å². The highest BCUT2D eigenvalue weighted by molar-refractivity contribution is 8.32. The largest absolute Gasteiger partial charge is 0.497 e. The molecule has 0 spiro atoms. The van der Waals surface area contributed by atoms with E-state index in [1.165, 1.54) is 11.1 Å². The van der Waals surface area contributed by atoms with Crippen molar-refractivity contribution < 1.29 is 19.4 Å². The van der Waals surface area contributed by atoms with Crippen LogP contribution in [0.5, 0.6) is 11.6 Å². The molecule has 3 rings (SSSR count). The maximum absolute atomic E-state index is 13.1. The summed E-state index contributed by atoms with van der Waals surface area (Å²) in [4.78, 5) is 27.0. The molecule has 2 amide bonds. The molecule has 0 radical (unpaired) electrons. The van der Waals surface area contributed by atoms with Gasteiger partial charge in [-0.3, -0.25) is 14.7 Å². The Kier molecular flexibility index (Phi) is 7.09. The highest BCUT2D eigenvalue weighted by Gasteiger charge is 2.24. The third kappa shape index (κ3) is 5.82. The third-order valence-corrected chi connectivity index (χ3v) is 6.58. The predicted octanol–water partition coefficient (Wildman–Crippen LogP) is 3.22. The monoisotopic (exact) mass is 456 g/mol. The van der Waals surface area contributed by atoms with Crippen molar-refractivity contribution in [2.45, 2.75) is 17.4 Å². The van der Waals surface area contributed by atoms with E-state index in [0.29, 0.717) is 22.6 Å². The lowest BCUT2D eigenvalue weighted by Crippen LogP contribution is -2.37. The number of nitrogens with zero attached hydrogens (tertiary/aromatic N) is 1. The van der Waals surface area contributed by atoms with Gasteiger partial charge in [-0.1, -0.05) is 12.1 Å². The summed E-state index contributed by atoms with van der Waals surface area (Å²) in [5.74, 6) is -0.408. The molecule has 3 aromatic rings. The average Bonchev–Trinajstić information content (AvgIpc) is 3.16. The number of rotatable bonds is 8. The van der Waals surface area contributed by atoms with E-state index < -0.39 is 22.0 Å². The summed E-state index contributed by atoms with van der Waals surface area (Å²) in [5.41, 5.74) is 1.59. The Labute approximate surface area is 188 Å². The number of hydrogen-bond acceptors (Lipinski definition) is 5. The van der Waals surface area contributed by atoms with E-state index in [0.717, 1.165) is 0 Å². The molecule has 1 unspecified atom stereocenters. The van der Waals surface area contributed by atoms with Gasteiger partial charge in [-0.15, -0.1) is 5.10 Å². The van der Waals surface area contributed by atoms with E-state index in [-0.39, 0.29) is 18.2 Å². The van der Waals surface area contributed by atoms with Gasteiger partial charge in [-0.25, -0.2) is 10.0 Å². The maximum atomic E-state index is 13.1. The second-order valence-electron chi connectivity index (χ2n) is 8.04. The van der Waals surface area contributed by atoms with Crippen LogP contribution in [-0.2, 0) is 16.0 Å². The van der Waals surface area contributed by atoms with Crippen molar-refractivity contribution in [3.63, 3.8) is 0 Å². The number of carbonyl (C=O) groups is 2. The van der Waals surface area contributed by atoms with Gasteiger partial charge < -0.3 is 20.5 Å². The SMILES string of the molecule is COc1ccc(C(NC(=O)Cc2c[nH]nc2O)C(=O)Nc2ccc(S(C)(C)C)cc2)cc1. The second-order valence-corrected chi connectivity index (χ2v) is 12.2. The number of aromatic amines is 1.